The summed E-state index contributed by atoms with van der Waals surface area (Å²) < 4.78 is 23.8. The van der Waals surface area contributed by atoms with Crippen molar-refractivity contribution in [2.45, 2.75) is 20.5 Å². The molecule has 4 rings (SSSR count). The Morgan fingerprint density at radius 2 is 1.66 bits per heavy atom. The molecule has 7 nitrogen and oxygen atoms in total. The van der Waals surface area contributed by atoms with E-state index in [-0.39, 0.29) is 5.91 Å². The molecule has 0 saturated heterocycles. The molecule has 0 saturated carbocycles. The monoisotopic (exact) mass is 624 g/mol. The zero-order valence-electron chi connectivity index (χ0n) is 21.5. The lowest BCUT2D eigenvalue weighted by Gasteiger charge is -2.15. The molecule has 1 N–H and O–H groups in total. The number of nitrogens with one attached hydrogen (secondary N) is 1. The molecule has 0 atom stereocenters. The molecule has 0 bridgehead atoms. The van der Waals surface area contributed by atoms with Crippen molar-refractivity contribution in [1.29, 1.82) is 0 Å². The average Bonchev–Trinajstić information content (AvgIpc) is 2.93. The maximum Gasteiger partial charge on any atom is 0.271 e. The van der Waals surface area contributed by atoms with Crippen LogP contribution in [0.5, 0.6) is 23.0 Å². The number of methoxy groups -OCH3 is 1. The Morgan fingerprint density at radius 1 is 0.895 bits per heavy atom. The Bertz CT molecular complexity index is 1450. The number of rotatable bonds is 11. The fourth-order valence-corrected chi connectivity index (χ4v) is 4.73. The molecule has 0 spiro atoms. The van der Waals surface area contributed by atoms with Gasteiger partial charge in [0.25, 0.3) is 5.91 Å². The first kappa shape index (κ1) is 27.3. The molecule has 196 valence electrons. The number of amides is 1. The van der Waals surface area contributed by atoms with Gasteiger partial charge in [0, 0.05) is 5.56 Å². The fraction of sp³-hybridized carbons (Fsp3) is 0.200. The predicted octanol–water partition coefficient (Wildman–Crippen LogP) is 6.59. The summed E-state index contributed by atoms with van der Waals surface area (Å²) in [6, 6.07) is 23.2. The van der Waals surface area contributed by atoms with Gasteiger partial charge in [-0.25, -0.2) is 5.43 Å². The number of fused-ring (bicyclic) bond motifs is 1. The molecule has 0 radical (unpaired) electrons. The molecule has 4 aromatic rings. The van der Waals surface area contributed by atoms with Crippen LogP contribution in [0.4, 0.5) is 0 Å². The molecule has 0 unspecified atom stereocenters. The van der Waals surface area contributed by atoms with E-state index in [0.29, 0.717) is 48.4 Å². The number of hydrazone groups is 1. The molecular formula is C30H29IN2O5. The van der Waals surface area contributed by atoms with Gasteiger partial charge in [0.2, 0.25) is 0 Å². The molecule has 0 aromatic heterocycles. The van der Waals surface area contributed by atoms with E-state index in [2.05, 4.69) is 57.4 Å². The number of halogens is 1. The maximum absolute atomic E-state index is 12.6. The van der Waals surface area contributed by atoms with E-state index < -0.39 is 0 Å². The highest BCUT2D eigenvalue weighted by Gasteiger charge is 2.14. The van der Waals surface area contributed by atoms with E-state index in [4.69, 9.17) is 18.9 Å². The van der Waals surface area contributed by atoms with Crippen molar-refractivity contribution in [2.75, 3.05) is 20.3 Å². The number of hydrogen-bond donors (Lipinski definition) is 1. The lowest BCUT2D eigenvalue weighted by molar-refractivity contribution is 0.0954. The van der Waals surface area contributed by atoms with Gasteiger partial charge in [0.15, 0.2) is 23.0 Å². The van der Waals surface area contributed by atoms with Crippen molar-refractivity contribution in [3.8, 4) is 23.0 Å². The summed E-state index contributed by atoms with van der Waals surface area (Å²) in [6.07, 6.45) is 1.57. The molecule has 8 heteroatoms. The van der Waals surface area contributed by atoms with Gasteiger partial charge in [-0.15, -0.1) is 0 Å². The van der Waals surface area contributed by atoms with Gasteiger partial charge >= 0.3 is 0 Å². The summed E-state index contributed by atoms with van der Waals surface area (Å²) in [4.78, 5) is 12.6. The Kier molecular flexibility index (Phi) is 9.42. The Hall–Kier alpha value is -3.79. The maximum atomic E-state index is 12.6. The summed E-state index contributed by atoms with van der Waals surface area (Å²) in [5.74, 6) is 1.98. The van der Waals surface area contributed by atoms with Crippen LogP contribution in [-0.2, 0) is 6.61 Å². The van der Waals surface area contributed by atoms with Crippen molar-refractivity contribution in [3.05, 3.63) is 93.1 Å². The van der Waals surface area contributed by atoms with Crippen LogP contribution < -0.4 is 24.4 Å². The Labute approximate surface area is 235 Å². The van der Waals surface area contributed by atoms with Gasteiger partial charge < -0.3 is 18.9 Å². The van der Waals surface area contributed by atoms with Crippen LogP contribution in [0, 0.1) is 3.57 Å². The predicted molar refractivity (Wildman–Crippen MR) is 158 cm³/mol. The second-order valence-electron chi connectivity index (χ2n) is 8.19. The molecule has 0 aliphatic rings. The Morgan fingerprint density at radius 3 is 2.45 bits per heavy atom. The normalized spacial score (nSPS) is 10.9. The number of nitrogens with zero attached hydrogens (tertiary/aromatic N) is 1. The number of carbonyl (C=O) groups excluding carboxylic acids is 1. The van der Waals surface area contributed by atoms with E-state index >= 15 is 0 Å². The largest absolute Gasteiger partial charge is 0.493 e. The van der Waals surface area contributed by atoms with E-state index in [1.54, 1.807) is 24.4 Å². The standard InChI is InChI=1S/C30H29IN2O5/c1-4-36-26-14-13-22(17-27(26)35-3)30(34)33-32-18-20-15-25(31)29(28(16-20)37-5-2)38-19-23-11-8-10-21-9-6-7-12-24(21)23/h6-18H,4-5,19H2,1-3H3,(H,33,34)/b32-18+. The highest BCUT2D eigenvalue weighted by molar-refractivity contribution is 14.1. The molecule has 1 amide bonds. The Balaban J connectivity index is 1.48. The van der Waals surface area contributed by atoms with Gasteiger partial charge in [0.1, 0.15) is 6.61 Å². The molecular weight excluding hydrogens is 595 g/mol. The lowest BCUT2D eigenvalue weighted by Crippen LogP contribution is -2.17. The first-order valence-electron chi connectivity index (χ1n) is 12.2. The second kappa shape index (κ2) is 13.1. The van der Waals surface area contributed by atoms with Crippen LogP contribution in [0.25, 0.3) is 10.8 Å². The smallest absolute Gasteiger partial charge is 0.271 e. The third-order valence-electron chi connectivity index (χ3n) is 5.69. The molecule has 0 aliphatic carbocycles. The third-order valence-corrected chi connectivity index (χ3v) is 6.49. The molecule has 0 aliphatic heterocycles. The van der Waals surface area contributed by atoms with Crippen molar-refractivity contribution in [2.24, 2.45) is 5.10 Å². The first-order chi connectivity index (χ1) is 18.5. The quantitative estimate of drug-likeness (QED) is 0.116. The van der Waals surface area contributed by atoms with Crippen molar-refractivity contribution in [3.63, 3.8) is 0 Å². The van der Waals surface area contributed by atoms with E-state index in [9.17, 15) is 4.79 Å². The highest BCUT2D eigenvalue weighted by Crippen LogP contribution is 2.35. The van der Waals surface area contributed by atoms with E-state index in [1.165, 1.54) is 12.5 Å². The van der Waals surface area contributed by atoms with Crippen LogP contribution in [0.2, 0.25) is 0 Å². The van der Waals surface area contributed by atoms with Crippen LogP contribution in [0.1, 0.15) is 35.3 Å². The van der Waals surface area contributed by atoms with E-state index in [1.807, 2.05) is 44.2 Å². The number of hydrogen-bond acceptors (Lipinski definition) is 6. The summed E-state index contributed by atoms with van der Waals surface area (Å²) >= 11 is 2.22. The van der Waals surface area contributed by atoms with Crippen LogP contribution in [-0.4, -0.2) is 32.4 Å². The van der Waals surface area contributed by atoms with E-state index in [0.717, 1.165) is 20.1 Å². The summed E-state index contributed by atoms with van der Waals surface area (Å²) in [6.45, 7) is 5.20. The number of ether oxygens (including phenoxy) is 4. The number of carbonyl (C=O) groups is 1. The van der Waals surface area contributed by atoms with Gasteiger partial charge in [0.05, 0.1) is 30.1 Å². The summed E-state index contributed by atoms with van der Waals surface area (Å²) in [5.41, 5.74) is 4.83. The van der Waals surface area contributed by atoms with Gasteiger partial charge in [-0.2, -0.15) is 5.10 Å². The second-order valence-corrected chi connectivity index (χ2v) is 9.35. The van der Waals surface area contributed by atoms with Gasteiger partial charge in [-0.1, -0.05) is 42.5 Å². The number of benzene rings is 4. The zero-order chi connectivity index (χ0) is 26.9. The zero-order valence-corrected chi connectivity index (χ0v) is 23.7. The first-order valence-corrected chi connectivity index (χ1v) is 13.3. The average molecular weight is 624 g/mol. The minimum atomic E-state index is -0.364. The molecule has 0 fully saturated rings. The highest BCUT2D eigenvalue weighted by atomic mass is 127. The summed E-state index contributed by atoms with van der Waals surface area (Å²) in [7, 11) is 1.53. The van der Waals surface area contributed by atoms with Crippen molar-refractivity contribution < 1.29 is 23.7 Å². The third kappa shape index (κ3) is 6.55. The molecule has 4 aromatic carbocycles. The van der Waals surface area contributed by atoms with Gasteiger partial charge in [-0.05, 0) is 88.7 Å². The SMILES string of the molecule is CCOc1ccc(C(=O)N/N=C/c2cc(I)c(OCc3cccc4ccccc34)c(OCC)c2)cc1OC. The fourth-order valence-electron chi connectivity index (χ4n) is 3.95. The van der Waals surface area contributed by atoms with Crippen molar-refractivity contribution in [1.82, 2.24) is 5.43 Å². The van der Waals surface area contributed by atoms with Crippen molar-refractivity contribution >= 4 is 45.5 Å². The van der Waals surface area contributed by atoms with Gasteiger partial charge in [-0.3, -0.25) is 4.79 Å². The van der Waals surface area contributed by atoms with Crippen LogP contribution in [0.3, 0.4) is 0 Å². The minimum Gasteiger partial charge on any atom is -0.493 e. The minimum absolute atomic E-state index is 0.364. The topological polar surface area (TPSA) is 78.4 Å². The molecule has 0 heterocycles. The lowest BCUT2D eigenvalue weighted by atomic mass is 10.1. The molecule has 38 heavy (non-hydrogen) atoms. The summed E-state index contributed by atoms with van der Waals surface area (Å²) in [5, 5.41) is 6.47. The van der Waals surface area contributed by atoms with Crippen LogP contribution >= 0.6 is 22.6 Å². The van der Waals surface area contributed by atoms with Crippen LogP contribution in [0.15, 0.2) is 77.9 Å².